The number of carbonyl (C=O) groups is 1. The van der Waals surface area contributed by atoms with Gasteiger partial charge < -0.3 is 20.1 Å². The summed E-state index contributed by atoms with van der Waals surface area (Å²) in [5, 5.41) is 6.02. The lowest BCUT2D eigenvalue weighted by Gasteiger charge is -2.22. The number of rotatable bonds is 7. The lowest BCUT2D eigenvalue weighted by Crippen LogP contribution is -2.39. The molecule has 8 nitrogen and oxygen atoms in total. The van der Waals surface area contributed by atoms with Gasteiger partial charge in [0.1, 0.15) is 0 Å². The number of nitrogens with one attached hydrogen (secondary N) is 2. The highest BCUT2D eigenvalue weighted by atomic mass is 32.2. The Morgan fingerprint density at radius 2 is 2.23 bits per heavy atom. The zero-order valence-electron chi connectivity index (χ0n) is 15.7. The summed E-state index contributed by atoms with van der Waals surface area (Å²) in [6.45, 7) is 3.80. The number of sulfone groups is 1. The summed E-state index contributed by atoms with van der Waals surface area (Å²) in [7, 11) is 0.974. The monoisotopic (exact) mass is 383 g/mol. The molecule has 0 bridgehead atoms. The van der Waals surface area contributed by atoms with E-state index in [-0.39, 0.29) is 29.9 Å². The van der Waals surface area contributed by atoms with Gasteiger partial charge in [0.2, 0.25) is 5.91 Å². The Labute approximate surface area is 155 Å². The van der Waals surface area contributed by atoms with Crippen molar-refractivity contribution in [2.75, 3.05) is 31.6 Å². The van der Waals surface area contributed by atoms with Gasteiger partial charge in [-0.15, -0.1) is 0 Å². The molecule has 9 heteroatoms. The summed E-state index contributed by atoms with van der Waals surface area (Å²) in [5.74, 6) is 0.788. The highest BCUT2D eigenvalue weighted by Crippen LogP contribution is 2.11. The topological polar surface area (TPSA) is 95.8 Å². The molecule has 1 saturated heterocycles. The Kier molecular flexibility index (Phi) is 7.07. The Balaban J connectivity index is 1.84. The first-order chi connectivity index (χ1) is 12.3. The number of aromatic nitrogens is 1. The highest BCUT2D eigenvalue weighted by Gasteiger charge is 2.28. The molecule has 1 aliphatic rings. The smallest absolute Gasteiger partial charge is 0.222 e. The van der Waals surface area contributed by atoms with Crippen LogP contribution in [0.25, 0.3) is 0 Å². The van der Waals surface area contributed by atoms with Crippen LogP contribution in [0.3, 0.4) is 0 Å². The Bertz CT molecular complexity index is 741. The minimum atomic E-state index is -2.98. The van der Waals surface area contributed by atoms with Crippen LogP contribution in [0.2, 0.25) is 0 Å². The second-order valence-electron chi connectivity index (χ2n) is 6.62. The SMILES string of the molecule is CCNC(=NCCC(=O)NC1CCS(=O)(=O)C1)N(C)Cc1cccn1C. The molecule has 1 fully saturated rings. The van der Waals surface area contributed by atoms with Gasteiger partial charge in [-0.1, -0.05) is 0 Å². The molecule has 0 aliphatic carbocycles. The number of guanidine groups is 1. The lowest BCUT2D eigenvalue weighted by molar-refractivity contribution is -0.121. The second kappa shape index (κ2) is 9.07. The van der Waals surface area contributed by atoms with Crippen LogP contribution in [-0.2, 0) is 28.2 Å². The van der Waals surface area contributed by atoms with Gasteiger partial charge in [0.25, 0.3) is 0 Å². The van der Waals surface area contributed by atoms with Crippen molar-refractivity contribution < 1.29 is 13.2 Å². The summed E-state index contributed by atoms with van der Waals surface area (Å²) in [6, 6.07) is 3.80. The van der Waals surface area contributed by atoms with E-state index in [1.54, 1.807) is 0 Å². The van der Waals surface area contributed by atoms with Crippen LogP contribution >= 0.6 is 0 Å². The number of amides is 1. The fourth-order valence-electron chi connectivity index (χ4n) is 2.92. The summed E-state index contributed by atoms with van der Waals surface area (Å²) in [5.41, 5.74) is 1.17. The molecule has 1 aromatic heterocycles. The molecule has 2 N–H and O–H groups in total. The molecule has 1 aromatic rings. The molecule has 2 rings (SSSR count). The van der Waals surface area contributed by atoms with E-state index in [0.717, 1.165) is 12.5 Å². The molecule has 1 aliphatic heterocycles. The van der Waals surface area contributed by atoms with Crippen LogP contribution in [0.5, 0.6) is 0 Å². The van der Waals surface area contributed by atoms with Crippen LogP contribution in [0.4, 0.5) is 0 Å². The molecule has 1 atom stereocenters. The van der Waals surface area contributed by atoms with E-state index in [1.165, 1.54) is 5.69 Å². The van der Waals surface area contributed by atoms with Gasteiger partial charge in [-0.3, -0.25) is 9.79 Å². The van der Waals surface area contributed by atoms with E-state index in [2.05, 4.69) is 26.3 Å². The standard InChI is InChI=1S/C17H29N5O3S/c1-4-18-17(22(3)12-15-6-5-10-21(15)2)19-9-7-16(23)20-14-8-11-26(24,25)13-14/h5-6,10,14H,4,7-9,11-13H2,1-3H3,(H,18,19)(H,20,23). The van der Waals surface area contributed by atoms with Crippen LogP contribution in [-0.4, -0.2) is 67.4 Å². The van der Waals surface area contributed by atoms with E-state index in [9.17, 15) is 13.2 Å². The fraction of sp³-hybridized carbons (Fsp3) is 0.647. The summed E-state index contributed by atoms with van der Waals surface area (Å²) >= 11 is 0. The summed E-state index contributed by atoms with van der Waals surface area (Å²) in [6.07, 6.45) is 2.74. The minimum absolute atomic E-state index is 0.0457. The average Bonchev–Trinajstić information content (AvgIpc) is 3.11. The Morgan fingerprint density at radius 1 is 1.46 bits per heavy atom. The van der Waals surface area contributed by atoms with E-state index in [0.29, 0.717) is 19.5 Å². The van der Waals surface area contributed by atoms with Crippen molar-refractivity contribution >= 4 is 21.7 Å². The van der Waals surface area contributed by atoms with Crippen LogP contribution in [0.1, 0.15) is 25.5 Å². The highest BCUT2D eigenvalue weighted by molar-refractivity contribution is 7.91. The van der Waals surface area contributed by atoms with Crippen LogP contribution in [0.15, 0.2) is 23.3 Å². The number of aliphatic imine (C=N–C) groups is 1. The molecular weight excluding hydrogens is 354 g/mol. The summed E-state index contributed by atoms with van der Waals surface area (Å²) in [4.78, 5) is 18.5. The van der Waals surface area contributed by atoms with E-state index in [4.69, 9.17) is 0 Å². The van der Waals surface area contributed by atoms with Crippen molar-refractivity contribution in [2.24, 2.45) is 12.0 Å². The van der Waals surface area contributed by atoms with Gasteiger partial charge in [-0.25, -0.2) is 8.42 Å². The first-order valence-corrected chi connectivity index (χ1v) is 10.7. The molecule has 26 heavy (non-hydrogen) atoms. The van der Waals surface area contributed by atoms with Gasteiger partial charge in [0.05, 0.1) is 24.6 Å². The van der Waals surface area contributed by atoms with Gasteiger partial charge in [-0.05, 0) is 25.5 Å². The van der Waals surface area contributed by atoms with E-state index in [1.807, 2.05) is 38.2 Å². The number of carbonyl (C=O) groups excluding carboxylic acids is 1. The van der Waals surface area contributed by atoms with Gasteiger partial charge in [0.15, 0.2) is 15.8 Å². The molecule has 1 amide bonds. The van der Waals surface area contributed by atoms with Crippen molar-refractivity contribution in [3.05, 3.63) is 24.0 Å². The predicted molar refractivity (Wildman–Crippen MR) is 103 cm³/mol. The zero-order valence-corrected chi connectivity index (χ0v) is 16.6. The zero-order chi connectivity index (χ0) is 19.2. The summed E-state index contributed by atoms with van der Waals surface area (Å²) < 4.78 is 24.9. The van der Waals surface area contributed by atoms with Crippen molar-refractivity contribution in [3.8, 4) is 0 Å². The molecule has 1 unspecified atom stereocenters. The minimum Gasteiger partial charge on any atom is -0.357 e. The second-order valence-corrected chi connectivity index (χ2v) is 8.85. The van der Waals surface area contributed by atoms with Gasteiger partial charge >= 0.3 is 0 Å². The molecule has 0 saturated carbocycles. The third kappa shape index (κ3) is 6.05. The molecule has 146 valence electrons. The largest absolute Gasteiger partial charge is 0.357 e. The van der Waals surface area contributed by atoms with Crippen molar-refractivity contribution in [1.82, 2.24) is 20.1 Å². The normalized spacial score (nSPS) is 19.3. The number of hydrogen-bond donors (Lipinski definition) is 2. The Hall–Kier alpha value is -2.03. The molecule has 0 radical (unpaired) electrons. The first kappa shape index (κ1) is 20.3. The van der Waals surface area contributed by atoms with Gasteiger partial charge in [-0.2, -0.15) is 0 Å². The first-order valence-electron chi connectivity index (χ1n) is 8.90. The predicted octanol–water partition coefficient (Wildman–Crippen LogP) is 0.116. The Morgan fingerprint density at radius 3 is 2.81 bits per heavy atom. The maximum Gasteiger partial charge on any atom is 0.222 e. The van der Waals surface area contributed by atoms with Crippen LogP contribution in [0, 0.1) is 0 Å². The van der Waals surface area contributed by atoms with Gasteiger partial charge in [0, 0.05) is 45.0 Å². The molecular formula is C17H29N5O3S. The van der Waals surface area contributed by atoms with Crippen molar-refractivity contribution in [1.29, 1.82) is 0 Å². The maximum absolute atomic E-state index is 12.0. The van der Waals surface area contributed by atoms with Crippen LogP contribution < -0.4 is 10.6 Å². The average molecular weight is 384 g/mol. The van der Waals surface area contributed by atoms with Crippen molar-refractivity contribution in [3.63, 3.8) is 0 Å². The van der Waals surface area contributed by atoms with Crippen molar-refractivity contribution in [2.45, 2.75) is 32.4 Å². The number of nitrogens with zero attached hydrogens (tertiary/aromatic N) is 3. The molecule has 0 aromatic carbocycles. The molecule has 2 heterocycles. The quantitative estimate of drug-likeness (QED) is 0.515. The number of aryl methyl sites for hydroxylation is 1. The van der Waals surface area contributed by atoms with E-state index < -0.39 is 9.84 Å². The number of hydrogen-bond acceptors (Lipinski definition) is 4. The lowest BCUT2D eigenvalue weighted by atomic mass is 10.2. The van der Waals surface area contributed by atoms with E-state index >= 15 is 0 Å². The fourth-order valence-corrected chi connectivity index (χ4v) is 4.59. The molecule has 0 spiro atoms. The third-order valence-electron chi connectivity index (χ3n) is 4.34. The maximum atomic E-state index is 12.0. The third-order valence-corrected chi connectivity index (χ3v) is 6.11.